The SMILES string of the molecule is COCC(O)CN(C)C(C)c1nnc(-c2ccc(C)cc2)o1. The lowest BCUT2D eigenvalue weighted by molar-refractivity contribution is 0.0332. The first-order valence-corrected chi connectivity index (χ1v) is 7.29. The molecule has 2 aromatic rings. The van der Waals surface area contributed by atoms with Crippen LogP contribution in [-0.2, 0) is 4.74 Å². The van der Waals surface area contributed by atoms with Crippen molar-refractivity contribution in [2.24, 2.45) is 0 Å². The van der Waals surface area contributed by atoms with Gasteiger partial charge in [-0.1, -0.05) is 17.7 Å². The van der Waals surface area contributed by atoms with E-state index in [4.69, 9.17) is 9.15 Å². The van der Waals surface area contributed by atoms with Gasteiger partial charge in [0.05, 0.1) is 18.8 Å². The molecule has 2 unspecified atom stereocenters. The third-order valence-electron chi connectivity index (χ3n) is 3.62. The number of ether oxygens (including phenoxy) is 1. The minimum atomic E-state index is -0.544. The Morgan fingerprint density at radius 2 is 1.95 bits per heavy atom. The van der Waals surface area contributed by atoms with Gasteiger partial charge in [-0.25, -0.2) is 0 Å². The van der Waals surface area contributed by atoms with Crippen molar-refractivity contribution in [1.29, 1.82) is 0 Å². The third kappa shape index (κ3) is 4.13. The van der Waals surface area contributed by atoms with Crippen LogP contribution in [0.15, 0.2) is 28.7 Å². The number of rotatable bonds is 7. The number of methoxy groups -OCH3 is 1. The van der Waals surface area contributed by atoms with Crippen LogP contribution in [0.25, 0.3) is 11.5 Å². The highest BCUT2D eigenvalue weighted by Gasteiger charge is 2.21. The Morgan fingerprint density at radius 3 is 2.59 bits per heavy atom. The number of nitrogens with zero attached hydrogens (tertiary/aromatic N) is 3. The van der Waals surface area contributed by atoms with Gasteiger partial charge < -0.3 is 14.3 Å². The van der Waals surface area contributed by atoms with Gasteiger partial charge >= 0.3 is 0 Å². The van der Waals surface area contributed by atoms with Crippen LogP contribution >= 0.6 is 0 Å². The second-order valence-electron chi connectivity index (χ2n) is 5.54. The summed E-state index contributed by atoms with van der Waals surface area (Å²) in [5, 5.41) is 18.0. The van der Waals surface area contributed by atoms with Gasteiger partial charge in [0, 0.05) is 19.2 Å². The second kappa shape index (κ2) is 7.49. The van der Waals surface area contributed by atoms with Crippen molar-refractivity contribution in [3.8, 4) is 11.5 Å². The van der Waals surface area contributed by atoms with Crippen molar-refractivity contribution < 1.29 is 14.3 Å². The van der Waals surface area contributed by atoms with Crippen molar-refractivity contribution in [1.82, 2.24) is 15.1 Å². The molecule has 6 heteroatoms. The Labute approximate surface area is 130 Å². The Morgan fingerprint density at radius 1 is 1.27 bits per heavy atom. The summed E-state index contributed by atoms with van der Waals surface area (Å²) in [5.74, 6) is 1.04. The molecule has 0 bridgehead atoms. The van der Waals surface area contributed by atoms with Crippen LogP contribution in [0.1, 0.15) is 24.4 Å². The van der Waals surface area contributed by atoms with Crippen LogP contribution in [0.2, 0.25) is 0 Å². The van der Waals surface area contributed by atoms with Gasteiger partial charge in [-0.3, -0.25) is 4.90 Å². The third-order valence-corrected chi connectivity index (χ3v) is 3.62. The zero-order valence-corrected chi connectivity index (χ0v) is 13.5. The Hall–Kier alpha value is -1.76. The van der Waals surface area contributed by atoms with Crippen molar-refractivity contribution >= 4 is 0 Å². The number of likely N-dealkylation sites (N-methyl/N-ethyl adjacent to an activating group) is 1. The predicted molar refractivity (Wildman–Crippen MR) is 83.4 cm³/mol. The first kappa shape index (κ1) is 16.6. The molecule has 2 rings (SSSR count). The van der Waals surface area contributed by atoms with Crippen molar-refractivity contribution in [2.75, 3.05) is 27.3 Å². The van der Waals surface area contributed by atoms with Crippen LogP contribution < -0.4 is 0 Å². The first-order chi connectivity index (χ1) is 10.5. The van der Waals surface area contributed by atoms with Crippen molar-refractivity contribution in [3.05, 3.63) is 35.7 Å². The van der Waals surface area contributed by atoms with Crippen LogP contribution in [0.5, 0.6) is 0 Å². The molecule has 1 aromatic heterocycles. The van der Waals surface area contributed by atoms with E-state index in [1.807, 2.05) is 50.1 Å². The fourth-order valence-corrected chi connectivity index (χ4v) is 2.14. The van der Waals surface area contributed by atoms with E-state index >= 15 is 0 Å². The lowest BCUT2D eigenvalue weighted by Crippen LogP contribution is -2.33. The highest BCUT2D eigenvalue weighted by molar-refractivity contribution is 5.52. The maximum absolute atomic E-state index is 9.79. The molecule has 2 atom stereocenters. The van der Waals surface area contributed by atoms with Crippen LogP contribution in [0.3, 0.4) is 0 Å². The quantitative estimate of drug-likeness (QED) is 0.844. The zero-order valence-electron chi connectivity index (χ0n) is 13.5. The zero-order chi connectivity index (χ0) is 16.1. The lowest BCUT2D eigenvalue weighted by atomic mass is 10.1. The summed E-state index contributed by atoms with van der Waals surface area (Å²) in [4.78, 5) is 1.95. The van der Waals surface area contributed by atoms with E-state index in [1.54, 1.807) is 7.11 Å². The Balaban J connectivity index is 2.05. The molecule has 1 heterocycles. The summed E-state index contributed by atoms with van der Waals surface area (Å²) < 4.78 is 10.7. The molecular weight excluding hydrogens is 282 g/mol. The monoisotopic (exact) mass is 305 g/mol. The standard InChI is InChI=1S/C16H23N3O3/c1-11-5-7-13(8-6-11)16-18-17-15(22-16)12(2)19(3)9-14(20)10-21-4/h5-8,12,14,20H,9-10H2,1-4H3. The molecule has 120 valence electrons. The van der Waals surface area contributed by atoms with E-state index < -0.39 is 6.10 Å². The van der Waals surface area contributed by atoms with E-state index in [9.17, 15) is 5.11 Å². The average molecular weight is 305 g/mol. The Bertz CT molecular complexity index is 583. The molecule has 0 amide bonds. The van der Waals surface area contributed by atoms with E-state index in [2.05, 4.69) is 10.2 Å². The summed E-state index contributed by atoms with van der Waals surface area (Å²) in [7, 11) is 3.47. The van der Waals surface area contributed by atoms with Gasteiger partial charge in [-0.15, -0.1) is 10.2 Å². The summed E-state index contributed by atoms with van der Waals surface area (Å²) >= 11 is 0. The largest absolute Gasteiger partial charge is 0.419 e. The van der Waals surface area contributed by atoms with Gasteiger partial charge in [-0.2, -0.15) is 0 Å². The molecule has 0 aliphatic heterocycles. The molecule has 6 nitrogen and oxygen atoms in total. The molecule has 0 fully saturated rings. The highest BCUT2D eigenvalue weighted by Crippen LogP contribution is 2.23. The maximum atomic E-state index is 9.79. The van der Waals surface area contributed by atoms with E-state index in [1.165, 1.54) is 5.56 Å². The van der Waals surface area contributed by atoms with Gasteiger partial charge in [0.2, 0.25) is 11.8 Å². The predicted octanol–water partition coefficient (Wildman–Crippen LogP) is 2.05. The molecular formula is C16H23N3O3. The van der Waals surface area contributed by atoms with E-state index in [-0.39, 0.29) is 6.04 Å². The highest BCUT2D eigenvalue weighted by atomic mass is 16.5. The van der Waals surface area contributed by atoms with Gasteiger partial charge in [0.1, 0.15) is 0 Å². The fourth-order valence-electron chi connectivity index (χ4n) is 2.14. The number of hydrogen-bond donors (Lipinski definition) is 1. The fraction of sp³-hybridized carbons (Fsp3) is 0.500. The smallest absolute Gasteiger partial charge is 0.247 e. The topological polar surface area (TPSA) is 71.6 Å². The second-order valence-corrected chi connectivity index (χ2v) is 5.54. The van der Waals surface area contributed by atoms with E-state index in [0.29, 0.717) is 24.9 Å². The molecule has 0 saturated carbocycles. The van der Waals surface area contributed by atoms with Crippen LogP contribution in [0, 0.1) is 6.92 Å². The normalized spacial score (nSPS) is 14.3. The summed E-state index contributed by atoms with van der Waals surface area (Å²) in [6.45, 7) is 4.77. The van der Waals surface area contributed by atoms with Crippen molar-refractivity contribution in [3.63, 3.8) is 0 Å². The number of aromatic nitrogens is 2. The molecule has 1 N–H and O–H groups in total. The number of aryl methyl sites for hydroxylation is 1. The first-order valence-electron chi connectivity index (χ1n) is 7.29. The molecule has 0 aliphatic carbocycles. The lowest BCUT2D eigenvalue weighted by Gasteiger charge is -2.24. The summed E-state index contributed by atoms with van der Waals surface area (Å²) in [6.07, 6.45) is -0.544. The number of hydrogen-bond acceptors (Lipinski definition) is 6. The molecule has 0 spiro atoms. The van der Waals surface area contributed by atoms with Gasteiger partial charge in [0.15, 0.2) is 0 Å². The molecule has 1 aromatic carbocycles. The summed E-state index contributed by atoms with van der Waals surface area (Å²) in [5.41, 5.74) is 2.09. The van der Waals surface area contributed by atoms with Crippen LogP contribution in [-0.4, -0.2) is 53.6 Å². The average Bonchev–Trinajstić information content (AvgIpc) is 2.97. The molecule has 22 heavy (non-hydrogen) atoms. The van der Waals surface area contributed by atoms with Crippen LogP contribution in [0.4, 0.5) is 0 Å². The number of aliphatic hydroxyl groups excluding tert-OH is 1. The van der Waals surface area contributed by atoms with E-state index in [0.717, 1.165) is 5.56 Å². The molecule has 0 saturated heterocycles. The Kier molecular flexibility index (Phi) is 5.65. The molecule has 0 aliphatic rings. The minimum Gasteiger partial charge on any atom is -0.419 e. The number of benzene rings is 1. The summed E-state index contributed by atoms with van der Waals surface area (Å²) in [6, 6.07) is 7.86. The number of aliphatic hydroxyl groups is 1. The minimum absolute atomic E-state index is 0.0850. The van der Waals surface area contributed by atoms with Gasteiger partial charge in [0.25, 0.3) is 0 Å². The molecule has 0 radical (unpaired) electrons. The maximum Gasteiger partial charge on any atom is 0.247 e. The van der Waals surface area contributed by atoms with Gasteiger partial charge in [-0.05, 0) is 33.0 Å². The van der Waals surface area contributed by atoms with Crippen molar-refractivity contribution in [2.45, 2.75) is 26.0 Å².